The summed E-state index contributed by atoms with van der Waals surface area (Å²) in [5, 5.41) is 11.4. The van der Waals surface area contributed by atoms with Gasteiger partial charge in [-0.2, -0.15) is 0 Å². The Labute approximate surface area is 154 Å². The fraction of sp³-hybridized carbons (Fsp3) is 0.391. The molecule has 0 aliphatic heterocycles. The first-order chi connectivity index (χ1) is 12.2. The quantitative estimate of drug-likeness (QED) is 0.673. The van der Waals surface area contributed by atoms with Gasteiger partial charge in [-0.25, -0.2) is 0 Å². The van der Waals surface area contributed by atoms with Crippen LogP contribution in [0, 0.1) is 23.7 Å². The maximum Gasteiger partial charge on any atom is 0.123 e. The van der Waals surface area contributed by atoms with Gasteiger partial charge in [0.2, 0.25) is 0 Å². The standard InChI is InChI=1S/C23H23ClO/c24-19-7-5-16(6-8-19)23(20-3-1-2-4-21(20)25)22-17-10-14-9-15(12-17)13-18(22)11-14/h1-8,14-15,17-18,25H,9-13H2. The van der Waals surface area contributed by atoms with E-state index >= 15 is 0 Å². The summed E-state index contributed by atoms with van der Waals surface area (Å²) in [6.45, 7) is 0. The zero-order valence-corrected chi connectivity index (χ0v) is 15.0. The van der Waals surface area contributed by atoms with Crippen molar-refractivity contribution in [2.24, 2.45) is 23.7 Å². The summed E-state index contributed by atoms with van der Waals surface area (Å²) in [4.78, 5) is 0. The maximum atomic E-state index is 10.6. The van der Waals surface area contributed by atoms with Gasteiger partial charge in [0.05, 0.1) is 0 Å². The van der Waals surface area contributed by atoms with Gasteiger partial charge in [0.1, 0.15) is 5.75 Å². The predicted octanol–water partition coefficient (Wildman–Crippen LogP) is 6.30. The summed E-state index contributed by atoms with van der Waals surface area (Å²) >= 11 is 6.13. The van der Waals surface area contributed by atoms with Crippen molar-refractivity contribution in [3.8, 4) is 5.75 Å². The van der Waals surface area contributed by atoms with Crippen molar-refractivity contribution in [1.82, 2.24) is 0 Å². The van der Waals surface area contributed by atoms with E-state index in [0.29, 0.717) is 17.6 Å². The number of rotatable bonds is 2. The molecule has 1 N–H and O–H groups in total. The molecule has 4 bridgehead atoms. The van der Waals surface area contributed by atoms with Crippen LogP contribution in [-0.2, 0) is 0 Å². The molecule has 0 unspecified atom stereocenters. The SMILES string of the molecule is Oc1ccccc1C(=C1C2CC3CC(C2)CC1C3)c1ccc(Cl)cc1. The van der Waals surface area contributed by atoms with E-state index in [9.17, 15) is 5.11 Å². The number of aromatic hydroxyl groups is 1. The topological polar surface area (TPSA) is 20.2 Å². The lowest BCUT2D eigenvalue weighted by Crippen LogP contribution is -2.40. The second-order valence-electron chi connectivity index (χ2n) is 8.16. The number of halogens is 1. The Morgan fingerprint density at radius 2 is 1.40 bits per heavy atom. The molecule has 0 radical (unpaired) electrons. The Balaban J connectivity index is 1.73. The van der Waals surface area contributed by atoms with Crippen LogP contribution in [0.25, 0.3) is 5.57 Å². The van der Waals surface area contributed by atoms with Crippen molar-refractivity contribution in [2.75, 3.05) is 0 Å². The van der Waals surface area contributed by atoms with Crippen LogP contribution in [0.2, 0.25) is 5.02 Å². The highest BCUT2D eigenvalue weighted by molar-refractivity contribution is 6.30. The second kappa shape index (κ2) is 5.92. The van der Waals surface area contributed by atoms with E-state index in [1.54, 1.807) is 5.57 Å². The number of phenolic OH excluding ortho intramolecular Hbond substituents is 1. The van der Waals surface area contributed by atoms with Crippen LogP contribution >= 0.6 is 11.6 Å². The lowest BCUT2D eigenvalue weighted by Gasteiger charge is -2.52. The molecular formula is C23H23ClO. The Bertz CT molecular complexity index is 803. The lowest BCUT2D eigenvalue weighted by atomic mass is 9.53. The monoisotopic (exact) mass is 350 g/mol. The Morgan fingerprint density at radius 1 is 0.800 bits per heavy atom. The van der Waals surface area contributed by atoms with Gasteiger partial charge in [0, 0.05) is 10.6 Å². The second-order valence-corrected chi connectivity index (χ2v) is 8.60. The van der Waals surface area contributed by atoms with Crippen LogP contribution in [0.1, 0.15) is 43.2 Å². The minimum Gasteiger partial charge on any atom is -0.507 e. The van der Waals surface area contributed by atoms with Crippen LogP contribution < -0.4 is 0 Å². The fourth-order valence-electron chi connectivity index (χ4n) is 5.88. The van der Waals surface area contributed by atoms with E-state index in [0.717, 1.165) is 22.4 Å². The van der Waals surface area contributed by atoms with Crippen LogP contribution in [0.4, 0.5) is 0 Å². The molecule has 4 saturated carbocycles. The van der Waals surface area contributed by atoms with Gasteiger partial charge in [-0.3, -0.25) is 0 Å². The third-order valence-corrected chi connectivity index (χ3v) is 6.86. The molecule has 6 rings (SSSR count). The first-order valence-electron chi connectivity index (χ1n) is 9.47. The van der Waals surface area contributed by atoms with Crippen LogP contribution in [0.5, 0.6) is 5.75 Å². The van der Waals surface area contributed by atoms with Crippen molar-refractivity contribution >= 4 is 17.2 Å². The van der Waals surface area contributed by atoms with Gasteiger partial charge >= 0.3 is 0 Å². The Hall–Kier alpha value is -1.73. The van der Waals surface area contributed by atoms with Gasteiger partial charge in [-0.1, -0.05) is 47.5 Å². The third-order valence-electron chi connectivity index (χ3n) is 6.61. The maximum absolute atomic E-state index is 10.6. The molecule has 0 aromatic heterocycles. The largest absolute Gasteiger partial charge is 0.507 e. The molecule has 0 heterocycles. The number of hydrogen-bond donors (Lipinski definition) is 1. The van der Waals surface area contributed by atoms with Gasteiger partial charge in [0.15, 0.2) is 0 Å². The molecule has 0 amide bonds. The number of benzene rings is 2. The zero-order chi connectivity index (χ0) is 17.0. The minimum atomic E-state index is 0.383. The zero-order valence-electron chi connectivity index (χ0n) is 14.3. The first kappa shape index (κ1) is 15.5. The minimum absolute atomic E-state index is 0.383. The summed E-state index contributed by atoms with van der Waals surface area (Å²) < 4.78 is 0. The molecule has 2 aromatic rings. The third kappa shape index (κ3) is 2.60. The van der Waals surface area contributed by atoms with E-state index in [1.165, 1.54) is 43.2 Å². The Morgan fingerprint density at radius 3 is 2.00 bits per heavy atom. The average Bonchev–Trinajstić information content (AvgIpc) is 2.59. The highest BCUT2D eigenvalue weighted by Crippen LogP contribution is 2.58. The number of allylic oxidation sites excluding steroid dienone is 1. The Kier molecular flexibility index (Phi) is 3.67. The molecule has 4 aliphatic carbocycles. The number of hydrogen-bond acceptors (Lipinski definition) is 1. The molecule has 0 spiro atoms. The van der Waals surface area contributed by atoms with Gasteiger partial charge in [-0.15, -0.1) is 0 Å². The molecule has 4 aliphatic rings. The highest BCUT2D eigenvalue weighted by atomic mass is 35.5. The van der Waals surface area contributed by atoms with E-state index < -0.39 is 0 Å². The fourth-order valence-corrected chi connectivity index (χ4v) is 6.01. The molecule has 2 aromatic carbocycles. The number of phenols is 1. The summed E-state index contributed by atoms with van der Waals surface area (Å²) in [5.41, 5.74) is 5.04. The molecular weight excluding hydrogens is 328 g/mol. The smallest absolute Gasteiger partial charge is 0.123 e. The van der Waals surface area contributed by atoms with E-state index in [4.69, 9.17) is 11.6 Å². The summed E-state index contributed by atoms with van der Waals surface area (Å²) in [5.74, 6) is 3.64. The van der Waals surface area contributed by atoms with Gasteiger partial charge in [0.25, 0.3) is 0 Å². The van der Waals surface area contributed by atoms with E-state index in [1.807, 2.05) is 30.3 Å². The summed E-state index contributed by atoms with van der Waals surface area (Å²) in [7, 11) is 0. The van der Waals surface area contributed by atoms with Crippen molar-refractivity contribution in [3.05, 3.63) is 70.3 Å². The molecule has 1 nitrogen and oxygen atoms in total. The summed E-state index contributed by atoms with van der Waals surface area (Å²) in [6, 6.07) is 16.0. The van der Waals surface area contributed by atoms with E-state index in [2.05, 4.69) is 18.2 Å². The van der Waals surface area contributed by atoms with Gasteiger partial charge in [-0.05, 0) is 85.1 Å². The molecule has 0 atom stereocenters. The van der Waals surface area contributed by atoms with Crippen LogP contribution in [0.3, 0.4) is 0 Å². The normalized spacial score (nSPS) is 29.9. The number of para-hydroxylation sites is 1. The average molecular weight is 351 g/mol. The van der Waals surface area contributed by atoms with Crippen molar-refractivity contribution in [1.29, 1.82) is 0 Å². The molecule has 2 heteroatoms. The van der Waals surface area contributed by atoms with Crippen molar-refractivity contribution in [3.63, 3.8) is 0 Å². The molecule has 128 valence electrons. The predicted molar refractivity (Wildman–Crippen MR) is 103 cm³/mol. The molecule has 0 saturated heterocycles. The van der Waals surface area contributed by atoms with Crippen LogP contribution in [0.15, 0.2) is 54.1 Å². The molecule has 25 heavy (non-hydrogen) atoms. The summed E-state index contributed by atoms with van der Waals surface area (Å²) in [6.07, 6.45) is 6.81. The van der Waals surface area contributed by atoms with Crippen molar-refractivity contribution < 1.29 is 5.11 Å². The van der Waals surface area contributed by atoms with E-state index in [-0.39, 0.29) is 0 Å². The lowest BCUT2D eigenvalue weighted by molar-refractivity contribution is 0.0705. The van der Waals surface area contributed by atoms with Crippen LogP contribution in [-0.4, -0.2) is 5.11 Å². The van der Waals surface area contributed by atoms with Crippen molar-refractivity contribution in [2.45, 2.75) is 32.1 Å². The first-order valence-corrected chi connectivity index (χ1v) is 9.85. The van der Waals surface area contributed by atoms with Gasteiger partial charge < -0.3 is 5.11 Å². The molecule has 4 fully saturated rings. The highest BCUT2D eigenvalue weighted by Gasteiger charge is 2.46.